The highest BCUT2D eigenvalue weighted by molar-refractivity contribution is 8.00. The van der Waals surface area contributed by atoms with Gasteiger partial charge in [0.1, 0.15) is 6.04 Å². The summed E-state index contributed by atoms with van der Waals surface area (Å²) in [6, 6.07) is 16.8. The highest BCUT2D eigenvalue weighted by Crippen LogP contribution is 2.22. The van der Waals surface area contributed by atoms with Crippen LogP contribution in [-0.4, -0.2) is 34.6 Å². The van der Waals surface area contributed by atoms with E-state index in [1.165, 1.54) is 11.8 Å². The van der Waals surface area contributed by atoms with Crippen molar-refractivity contribution in [3.8, 4) is 0 Å². The molecule has 2 rings (SSSR count). The Bertz CT molecular complexity index is 783. The van der Waals surface area contributed by atoms with E-state index < -0.39 is 6.04 Å². The van der Waals surface area contributed by atoms with Gasteiger partial charge in [-0.3, -0.25) is 9.59 Å². The minimum absolute atomic E-state index is 0.0556. The van der Waals surface area contributed by atoms with Crippen molar-refractivity contribution in [3.05, 3.63) is 65.2 Å². The Morgan fingerprint density at radius 1 is 1.03 bits per heavy atom. The van der Waals surface area contributed by atoms with Crippen molar-refractivity contribution in [2.75, 3.05) is 5.75 Å². The van der Waals surface area contributed by atoms with Gasteiger partial charge in [0.25, 0.3) is 0 Å². The van der Waals surface area contributed by atoms with Gasteiger partial charge in [-0.1, -0.05) is 55.8 Å². The van der Waals surface area contributed by atoms with Crippen molar-refractivity contribution in [3.63, 3.8) is 0 Å². The first kappa shape index (κ1) is 23.3. The van der Waals surface area contributed by atoms with E-state index in [2.05, 4.69) is 5.32 Å². The quantitative estimate of drug-likeness (QED) is 0.528. The molecular formula is C23H29ClN2O2S. The molecule has 1 N–H and O–H groups in total. The van der Waals surface area contributed by atoms with Crippen LogP contribution in [0.1, 0.15) is 39.2 Å². The first-order valence-corrected chi connectivity index (χ1v) is 11.3. The molecule has 0 fully saturated rings. The smallest absolute Gasteiger partial charge is 0.243 e. The number of thioether (sulfide) groups is 1. The zero-order valence-corrected chi connectivity index (χ0v) is 18.8. The van der Waals surface area contributed by atoms with Crippen LogP contribution in [0.5, 0.6) is 0 Å². The maximum Gasteiger partial charge on any atom is 0.243 e. The molecule has 6 heteroatoms. The summed E-state index contributed by atoms with van der Waals surface area (Å²) in [6.45, 7) is 6.36. The van der Waals surface area contributed by atoms with E-state index >= 15 is 0 Å². The largest absolute Gasteiger partial charge is 0.352 e. The van der Waals surface area contributed by atoms with Crippen LogP contribution < -0.4 is 5.32 Å². The summed E-state index contributed by atoms with van der Waals surface area (Å²) in [5.41, 5.74) is 1.01. The monoisotopic (exact) mass is 432 g/mol. The number of carbonyl (C=O) groups is 2. The fraction of sp³-hybridized carbons (Fsp3) is 0.391. The van der Waals surface area contributed by atoms with E-state index in [4.69, 9.17) is 11.6 Å². The van der Waals surface area contributed by atoms with E-state index in [1.807, 2.05) is 75.4 Å². The van der Waals surface area contributed by atoms with Gasteiger partial charge in [0.15, 0.2) is 0 Å². The summed E-state index contributed by atoms with van der Waals surface area (Å²) < 4.78 is 0. The lowest BCUT2D eigenvalue weighted by molar-refractivity contribution is -0.139. The van der Waals surface area contributed by atoms with Crippen molar-refractivity contribution in [2.45, 2.75) is 57.1 Å². The van der Waals surface area contributed by atoms with Crippen LogP contribution in [0.25, 0.3) is 0 Å². The Labute approximate surface area is 183 Å². The van der Waals surface area contributed by atoms with Gasteiger partial charge in [0, 0.05) is 22.5 Å². The third-order valence-corrected chi connectivity index (χ3v) is 6.01. The van der Waals surface area contributed by atoms with Gasteiger partial charge < -0.3 is 10.2 Å². The summed E-state index contributed by atoms with van der Waals surface area (Å²) in [4.78, 5) is 28.7. The van der Waals surface area contributed by atoms with Crippen LogP contribution in [0.3, 0.4) is 0 Å². The molecule has 2 aromatic rings. The number of hydrogen-bond donors (Lipinski definition) is 1. The Balaban J connectivity index is 2.16. The predicted octanol–water partition coefficient (Wildman–Crippen LogP) is 5.15. The second-order valence-corrected chi connectivity index (χ2v) is 8.48. The molecule has 0 aliphatic rings. The van der Waals surface area contributed by atoms with Crippen molar-refractivity contribution in [1.29, 1.82) is 0 Å². The molecule has 0 aliphatic heterocycles. The fourth-order valence-corrected chi connectivity index (χ4v) is 3.81. The molecule has 0 unspecified atom stereocenters. The topological polar surface area (TPSA) is 49.4 Å². The van der Waals surface area contributed by atoms with Crippen molar-refractivity contribution in [1.82, 2.24) is 10.2 Å². The minimum Gasteiger partial charge on any atom is -0.352 e. The number of halogens is 1. The normalized spacial score (nSPS) is 12.8. The summed E-state index contributed by atoms with van der Waals surface area (Å²) >= 11 is 7.39. The Kier molecular flexibility index (Phi) is 9.55. The van der Waals surface area contributed by atoms with Gasteiger partial charge >= 0.3 is 0 Å². The number of rotatable bonds is 10. The average Bonchev–Trinajstić information content (AvgIpc) is 2.73. The third kappa shape index (κ3) is 7.41. The van der Waals surface area contributed by atoms with Crippen molar-refractivity contribution >= 4 is 35.2 Å². The molecule has 4 nitrogen and oxygen atoms in total. The summed E-state index contributed by atoms with van der Waals surface area (Å²) in [5, 5.41) is 3.69. The van der Waals surface area contributed by atoms with Crippen LogP contribution in [0, 0.1) is 0 Å². The maximum atomic E-state index is 13.1. The minimum atomic E-state index is -0.498. The molecule has 0 bridgehead atoms. The standard InChI is InChI=1S/C23H29ClN2O2S/c1-4-17(3)25-23(28)21(5-2)26(15-18-9-7-6-8-10-18)22(27)16-29-20-13-11-19(24)12-14-20/h6-14,17,21H,4-5,15-16H2,1-3H3,(H,25,28)/t17-,21-/m1/s1. The lowest BCUT2D eigenvalue weighted by Gasteiger charge is -2.31. The average molecular weight is 433 g/mol. The number of nitrogens with zero attached hydrogens (tertiary/aromatic N) is 1. The molecule has 2 aromatic carbocycles. The first-order valence-electron chi connectivity index (χ1n) is 9.96. The molecule has 0 saturated heterocycles. The van der Waals surface area contributed by atoms with E-state index in [0.29, 0.717) is 18.0 Å². The summed E-state index contributed by atoms with van der Waals surface area (Å²) in [6.07, 6.45) is 1.41. The molecule has 0 aromatic heterocycles. The number of carbonyl (C=O) groups excluding carboxylic acids is 2. The first-order chi connectivity index (χ1) is 13.9. The molecule has 0 aliphatic carbocycles. The molecule has 156 valence electrons. The van der Waals surface area contributed by atoms with Crippen LogP contribution in [0.15, 0.2) is 59.5 Å². The fourth-order valence-electron chi connectivity index (χ4n) is 2.90. The third-order valence-electron chi connectivity index (χ3n) is 4.76. The van der Waals surface area contributed by atoms with Crippen LogP contribution in [-0.2, 0) is 16.1 Å². The van der Waals surface area contributed by atoms with Gasteiger partial charge in [0.05, 0.1) is 5.75 Å². The van der Waals surface area contributed by atoms with E-state index in [0.717, 1.165) is 16.9 Å². The van der Waals surface area contributed by atoms with Crippen LogP contribution in [0.4, 0.5) is 0 Å². The zero-order valence-electron chi connectivity index (χ0n) is 17.2. The lowest BCUT2D eigenvalue weighted by Crippen LogP contribution is -2.51. The van der Waals surface area contributed by atoms with E-state index in [1.54, 1.807) is 4.90 Å². The maximum absolute atomic E-state index is 13.1. The van der Waals surface area contributed by atoms with E-state index in [9.17, 15) is 9.59 Å². The molecule has 0 saturated carbocycles. The van der Waals surface area contributed by atoms with E-state index in [-0.39, 0.29) is 23.6 Å². The molecule has 0 radical (unpaired) electrons. The summed E-state index contributed by atoms with van der Waals surface area (Å²) in [7, 11) is 0. The van der Waals surface area contributed by atoms with Crippen LogP contribution >= 0.6 is 23.4 Å². The second-order valence-electron chi connectivity index (χ2n) is 6.99. The molecule has 0 spiro atoms. The molecular weight excluding hydrogens is 404 g/mol. The van der Waals surface area contributed by atoms with Crippen molar-refractivity contribution < 1.29 is 9.59 Å². The van der Waals surface area contributed by atoms with Gasteiger partial charge in [-0.15, -0.1) is 11.8 Å². The molecule has 2 atom stereocenters. The van der Waals surface area contributed by atoms with Crippen molar-refractivity contribution in [2.24, 2.45) is 0 Å². The molecule has 0 heterocycles. The summed E-state index contributed by atoms with van der Waals surface area (Å²) in [5.74, 6) is 0.115. The lowest BCUT2D eigenvalue weighted by atomic mass is 10.1. The number of hydrogen-bond acceptors (Lipinski definition) is 3. The Hall–Kier alpha value is -1.98. The van der Waals surface area contributed by atoms with Gasteiger partial charge in [0.2, 0.25) is 11.8 Å². The molecule has 2 amide bonds. The van der Waals surface area contributed by atoms with Gasteiger partial charge in [-0.25, -0.2) is 0 Å². The Morgan fingerprint density at radius 3 is 2.28 bits per heavy atom. The number of benzene rings is 2. The highest BCUT2D eigenvalue weighted by atomic mass is 35.5. The van der Waals surface area contributed by atoms with Gasteiger partial charge in [-0.2, -0.15) is 0 Å². The highest BCUT2D eigenvalue weighted by Gasteiger charge is 2.29. The van der Waals surface area contributed by atoms with Gasteiger partial charge in [-0.05, 0) is 49.6 Å². The second kappa shape index (κ2) is 11.9. The predicted molar refractivity (Wildman–Crippen MR) is 121 cm³/mol. The Morgan fingerprint density at radius 2 is 1.69 bits per heavy atom. The van der Waals surface area contributed by atoms with Crippen LogP contribution in [0.2, 0.25) is 5.02 Å². The zero-order chi connectivity index (χ0) is 21.2. The number of nitrogens with one attached hydrogen (secondary N) is 1. The number of amides is 2. The molecule has 29 heavy (non-hydrogen) atoms. The SMILES string of the molecule is CC[C@@H](C)NC(=O)[C@@H](CC)N(Cc1ccccc1)C(=O)CSc1ccc(Cl)cc1.